The van der Waals surface area contributed by atoms with Crippen LogP contribution in [0.4, 0.5) is 0 Å². The highest BCUT2D eigenvalue weighted by molar-refractivity contribution is 7.09. The number of nitrogens with zero attached hydrogens (tertiary/aromatic N) is 1. The van der Waals surface area contributed by atoms with Gasteiger partial charge in [0.05, 0.1) is 6.04 Å². The minimum atomic E-state index is -0.0272. The van der Waals surface area contributed by atoms with Crippen molar-refractivity contribution in [2.75, 3.05) is 13.2 Å². The lowest BCUT2D eigenvalue weighted by Crippen LogP contribution is -2.35. The lowest BCUT2D eigenvalue weighted by Gasteiger charge is -2.27. The summed E-state index contributed by atoms with van der Waals surface area (Å²) in [6, 6.07) is 0.260. The molecule has 0 aliphatic rings. The van der Waals surface area contributed by atoms with E-state index >= 15 is 0 Å². The standard InChI is InChI=1S/C12H22N2OS/c1-5-12(4,8-15)7-13-10(3)11-14-9(2)6-16-11/h6,10,13,15H,5,7-8H2,1-4H3. The van der Waals surface area contributed by atoms with Crippen LogP contribution in [0.2, 0.25) is 0 Å². The second-order valence-corrected chi connectivity index (χ2v) is 5.64. The van der Waals surface area contributed by atoms with Crippen LogP contribution in [0.1, 0.15) is 43.9 Å². The van der Waals surface area contributed by atoms with Gasteiger partial charge in [0.2, 0.25) is 0 Å². The molecule has 3 nitrogen and oxygen atoms in total. The first-order valence-corrected chi connectivity index (χ1v) is 6.65. The molecule has 4 heteroatoms. The molecule has 0 saturated carbocycles. The number of aromatic nitrogens is 1. The minimum absolute atomic E-state index is 0.0272. The van der Waals surface area contributed by atoms with Gasteiger partial charge in [-0.1, -0.05) is 13.8 Å². The van der Waals surface area contributed by atoms with Crippen LogP contribution >= 0.6 is 11.3 Å². The zero-order valence-electron chi connectivity index (χ0n) is 10.6. The molecule has 2 N–H and O–H groups in total. The Labute approximate surface area is 102 Å². The highest BCUT2D eigenvalue weighted by Crippen LogP contribution is 2.22. The van der Waals surface area contributed by atoms with Crippen molar-refractivity contribution in [2.24, 2.45) is 5.41 Å². The summed E-state index contributed by atoms with van der Waals surface area (Å²) < 4.78 is 0. The first-order valence-electron chi connectivity index (χ1n) is 5.77. The van der Waals surface area contributed by atoms with E-state index in [4.69, 9.17) is 0 Å². The topological polar surface area (TPSA) is 45.1 Å². The largest absolute Gasteiger partial charge is 0.396 e. The maximum atomic E-state index is 9.32. The molecule has 92 valence electrons. The predicted molar refractivity (Wildman–Crippen MR) is 68.8 cm³/mol. The molecule has 0 fully saturated rings. The monoisotopic (exact) mass is 242 g/mol. The van der Waals surface area contributed by atoms with E-state index in [-0.39, 0.29) is 18.1 Å². The molecule has 1 heterocycles. The Kier molecular flexibility index (Phi) is 4.89. The summed E-state index contributed by atoms with van der Waals surface area (Å²) in [4.78, 5) is 4.46. The summed E-state index contributed by atoms with van der Waals surface area (Å²) in [5.74, 6) is 0. The fourth-order valence-electron chi connectivity index (χ4n) is 1.35. The zero-order chi connectivity index (χ0) is 12.2. The van der Waals surface area contributed by atoms with Crippen LogP contribution in [0.25, 0.3) is 0 Å². The van der Waals surface area contributed by atoms with Gasteiger partial charge >= 0.3 is 0 Å². The number of aliphatic hydroxyl groups excluding tert-OH is 1. The van der Waals surface area contributed by atoms with E-state index in [1.165, 1.54) is 0 Å². The quantitative estimate of drug-likeness (QED) is 0.805. The number of aryl methyl sites for hydroxylation is 1. The van der Waals surface area contributed by atoms with E-state index in [1.54, 1.807) is 11.3 Å². The van der Waals surface area contributed by atoms with Gasteiger partial charge in [-0.05, 0) is 20.3 Å². The Bertz CT molecular complexity index is 321. The number of aliphatic hydroxyl groups is 1. The first kappa shape index (κ1) is 13.6. The number of thiazole rings is 1. The Hall–Kier alpha value is -0.450. The summed E-state index contributed by atoms with van der Waals surface area (Å²) in [5.41, 5.74) is 1.05. The summed E-state index contributed by atoms with van der Waals surface area (Å²) in [7, 11) is 0. The van der Waals surface area contributed by atoms with Crippen LogP contribution in [-0.2, 0) is 0 Å². The molecule has 0 radical (unpaired) electrons. The Morgan fingerprint density at radius 3 is 2.75 bits per heavy atom. The molecular weight excluding hydrogens is 220 g/mol. The normalized spacial score (nSPS) is 17.1. The molecule has 2 unspecified atom stereocenters. The van der Waals surface area contributed by atoms with Gasteiger partial charge in [0, 0.05) is 29.6 Å². The summed E-state index contributed by atoms with van der Waals surface area (Å²) in [6.07, 6.45) is 0.972. The van der Waals surface area contributed by atoms with Crippen molar-refractivity contribution >= 4 is 11.3 Å². The number of hydrogen-bond acceptors (Lipinski definition) is 4. The Morgan fingerprint density at radius 1 is 1.62 bits per heavy atom. The smallest absolute Gasteiger partial charge is 0.110 e. The molecule has 0 aromatic carbocycles. The maximum Gasteiger partial charge on any atom is 0.110 e. The lowest BCUT2D eigenvalue weighted by atomic mass is 9.88. The van der Waals surface area contributed by atoms with Crippen molar-refractivity contribution in [2.45, 2.75) is 40.2 Å². The fourth-order valence-corrected chi connectivity index (χ4v) is 2.18. The molecule has 0 amide bonds. The third kappa shape index (κ3) is 3.54. The Morgan fingerprint density at radius 2 is 2.31 bits per heavy atom. The molecular formula is C12H22N2OS. The molecule has 0 saturated heterocycles. The number of hydrogen-bond donors (Lipinski definition) is 2. The molecule has 1 rings (SSSR count). The molecule has 0 aliphatic heterocycles. The van der Waals surface area contributed by atoms with E-state index in [0.29, 0.717) is 0 Å². The van der Waals surface area contributed by atoms with Crippen LogP contribution in [-0.4, -0.2) is 23.2 Å². The van der Waals surface area contributed by atoms with Crippen molar-refractivity contribution in [3.63, 3.8) is 0 Å². The lowest BCUT2D eigenvalue weighted by molar-refractivity contribution is 0.132. The highest BCUT2D eigenvalue weighted by Gasteiger charge is 2.22. The van der Waals surface area contributed by atoms with Crippen LogP contribution < -0.4 is 5.32 Å². The molecule has 0 bridgehead atoms. The van der Waals surface area contributed by atoms with Gasteiger partial charge in [-0.3, -0.25) is 0 Å². The third-order valence-corrected chi connectivity index (χ3v) is 4.22. The molecule has 16 heavy (non-hydrogen) atoms. The van der Waals surface area contributed by atoms with Gasteiger partial charge in [-0.25, -0.2) is 4.98 Å². The summed E-state index contributed by atoms with van der Waals surface area (Å²) in [6.45, 7) is 9.37. The number of nitrogens with one attached hydrogen (secondary N) is 1. The van der Waals surface area contributed by atoms with Gasteiger partial charge in [0.15, 0.2) is 0 Å². The van der Waals surface area contributed by atoms with Crippen LogP contribution in [0.5, 0.6) is 0 Å². The van der Waals surface area contributed by atoms with Gasteiger partial charge in [0.25, 0.3) is 0 Å². The minimum Gasteiger partial charge on any atom is -0.396 e. The fraction of sp³-hybridized carbons (Fsp3) is 0.750. The SMILES string of the molecule is CCC(C)(CO)CNC(C)c1nc(C)cs1. The van der Waals surface area contributed by atoms with Gasteiger partial charge in [-0.2, -0.15) is 0 Å². The van der Waals surface area contributed by atoms with Gasteiger partial charge in [0.1, 0.15) is 5.01 Å². The second-order valence-electron chi connectivity index (χ2n) is 4.75. The van der Waals surface area contributed by atoms with Crippen molar-refractivity contribution in [1.29, 1.82) is 0 Å². The van der Waals surface area contributed by atoms with Gasteiger partial charge < -0.3 is 10.4 Å². The second kappa shape index (κ2) is 5.75. The third-order valence-electron chi connectivity index (χ3n) is 3.08. The molecule has 1 aromatic rings. The molecule has 0 aliphatic carbocycles. The van der Waals surface area contributed by atoms with E-state index < -0.39 is 0 Å². The zero-order valence-corrected chi connectivity index (χ0v) is 11.4. The average molecular weight is 242 g/mol. The Balaban J connectivity index is 2.49. The summed E-state index contributed by atoms with van der Waals surface area (Å²) >= 11 is 1.69. The molecule has 0 spiro atoms. The van der Waals surface area contributed by atoms with Gasteiger partial charge in [-0.15, -0.1) is 11.3 Å². The van der Waals surface area contributed by atoms with E-state index in [1.807, 2.05) is 6.92 Å². The molecule has 1 aromatic heterocycles. The van der Waals surface area contributed by atoms with Crippen molar-refractivity contribution in [1.82, 2.24) is 10.3 Å². The van der Waals surface area contributed by atoms with Crippen molar-refractivity contribution in [3.05, 3.63) is 16.1 Å². The maximum absolute atomic E-state index is 9.32. The van der Waals surface area contributed by atoms with Crippen molar-refractivity contribution < 1.29 is 5.11 Å². The highest BCUT2D eigenvalue weighted by atomic mass is 32.1. The van der Waals surface area contributed by atoms with Crippen LogP contribution in [0, 0.1) is 12.3 Å². The first-order chi connectivity index (χ1) is 7.50. The van der Waals surface area contributed by atoms with E-state index in [9.17, 15) is 5.11 Å². The van der Waals surface area contributed by atoms with E-state index in [0.717, 1.165) is 23.7 Å². The van der Waals surface area contributed by atoms with Crippen LogP contribution in [0.15, 0.2) is 5.38 Å². The summed E-state index contributed by atoms with van der Waals surface area (Å²) in [5, 5.41) is 15.9. The van der Waals surface area contributed by atoms with E-state index in [2.05, 4.69) is 36.5 Å². The average Bonchev–Trinajstić information content (AvgIpc) is 2.72. The number of rotatable bonds is 6. The van der Waals surface area contributed by atoms with Crippen molar-refractivity contribution in [3.8, 4) is 0 Å². The molecule has 2 atom stereocenters. The van der Waals surface area contributed by atoms with Crippen LogP contribution in [0.3, 0.4) is 0 Å². The predicted octanol–water partition coefficient (Wildman–Crippen LogP) is 2.51.